The van der Waals surface area contributed by atoms with Gasteiger partial charge in [-0.2, -0.15) is 0 Å². The smallest absolute Gasteiger partial charge is 0.233 e. The molecule has 116 valence electrons. The van der Waals surface area contributed by atoms with Gasteiger partial charge in [-0.05, 0) is 23.3 Å². The zero-order chi connectivity index (χ0) is 15.8. The van der Waals surface area contributed by atoms with Crippen LogP contribution in [0, 0.1) is 0 Å². The largest absolute Gasteiger partial charge is 0.497 e. The average molecular weight is 298 g/mol. The third kappa shape index (κ3) is 4.33. The number of ether oxygens (including phenoxy) is 1. The fourth-order valence-corrected chi connectivity index (χ4v) is 2.37. The maximum absolute atomic E-state index is 11.4. The van der Waals surface area contributed by atoms with Crippen LogP contribution in [-0.2, 0) is 4.79 Å². The van der Waals surface area contributed by atoms with Crippen LogP contribution < -0.4 is 15.4 Å². The number of carbonyl (C=O) groups is 1. The van der Waals surface area contributed by atoms with E-state index in [1.54, 1.807) is 14.2 Å². The van der Waals surface area contributed by atoms with Crippen LogP contribution in [0.25, 0.3) is 0 Å². The van der Waals surface area contributed by atoms with E-state index in [4.69, 9.17) is 4.74 Å². The zero-order valence-electron chi connectivity index (χ0n) is 13.0. The quantitative estimate of drug-likeness (QED) is 0.823. The summed E-state index contributed by atoms with van der Waals surface area (Å²) in [7, 11) is 3.30. The van der Waals surface area contributed by atoms with Gasteiger partial charge < -0.3 is 15.4 Å². The number of methoxy groups -OCH3 is 1. The molecule has 2 aromatic rings. The van der Waals surface area contributed by atoms with Crippen molar-refractivity contribution in [3.8, 4) is 5.75 Å². The Morgan fingerprint density at radius 1 is 1.05 bits per heavy atom. The number of amides is 1. The molecule has 0 spiro atoms. The first-order valence-electron chi connectivity index (χ1n) is 7.34. The van der Waals surface area contributed by atoms with Gasteiger partial charge in [0.1, 0.15) is 5.75 Å². The third-order valence-electron chi connectivity index (χ3n) is 3.63. The first-order valence-corrected chi connectivity index (χ1v) is 7.34. The molecule has 4 heteroatoms. The molecule has 0 saturated heterocycles. The fourth-order valence-electron chi connectivity index (χ4n) is 2.37. The molecule has 0 radical (unpaired) electrons. The van der Waals surface area contributed by atoms with Gasteiger partial charge in [0.15, 0.2) is 0 Å². The average Bonchev–Trinajstić information content (AvgIpc) is 2.59. The number of carbonyl (C=O) groups excluding carboxylic acids is 1. The van der Waals surface area contributed by atoms with Crippen LogP contribution in [0.1, 0.15) is 17.0 Å². The first-order chi connectivity index (χ1) is 10.7. The van der Waals surface area contributed by atoms with Crippen LogP contribution in [0.5, 0.6) is 5.75 Å². The van der Waals surface area contributed by atoms with Gasteiger partial charge >= 0.3 is 0 Å². The Labute approximate surface area is 131 Å². The Balaban J connectivity index is 2.15. The van der Waals surface area contributed by atoms with Crippen LogP contribution in [0.3, 0.4) is 0 Å². The highest BCUT2D eigenvalue weighted by Crippen LogP contribution is 2.25. The first kappa shape index (κ1) is 16.0. The Bertz CT molecular complexity index is 582. The number of likely N-dealkylation sites (N-methyl/N-ethyl adjacent to an activating group) is 1. The van der Waals surface area contributed by atoms with Crippen LogP contribution >= 0.6 is 0 Å². The van der Waals surface area contributed by atoms with Crippen LogP contribution in [-0.4, -0.2) is 33.2 Å². The highest BCUT2D eigenvalue weighted by molar-refractivity contribution is 5.77. The molecular weight excluding hydrogens is 276 g/mol. The molecule has 0 saturated carbocycles. The van der Waals surface area contributed by atoms with Gasteiger partial charge in [-0.1, -0.05) is 42.5 Å². The number of benzene rings is 2. The van der Waals surface area contributed by atoms with Gasteiger partial charge in [0.25, 0.3) is 0 Å². The van der Waals surface area contributed by atoms with Crippen LogP contribution in [0.2, 0.25) is 0 Å². The van der Waals surface area contributed by atoms with Crippen LogP contribution in [0.15, 0.2) is 54.6 Å². The molecule has 0 fully saturated rings. The zero-order valence-corrected chi connectivity index (χ0v) is 13.0. The van der Waals surface area contributed by atoms with E-state index in [9.17, 15) is 4.79 Å². The van der Waals surface area contributed by atoms with Gasteiger partial charge in [-0.15, -0.1) is 0 Å². The summed E-state index contributed by atoms with van der Waals surface area (Å²) in [6, 6.07) is 18.3. The molecule has 1 unspecified atom stereocenters. The molecule has 0 aliphatic heterocycles. The molecule has 4 nitrogen and oxygen atoms in total. The maximum atomic E-state index is 11.4. The SMILES string of the molecule is CNC(=O)CNCC(c1ccccc1)c1ccc(OC)cc1. The predicted octanol–water partition coefficient (Wildman–Crippen LogP) is 2.16. The van der Waals surface area contributed by atoms with E-state index >= 15 is 0 Å². The van der Waals surface area contributed by atoms with Gasteiger partial charge in [-0.25, -0.2) is 0 Å². The molecular formula is C18H22N2O2. The number of hydrogen-bond acceptors (Lipinski definition) is 3. The summed E-state index contributed by atoms with van der Waals surface area (Å²) in [5.74, 6) is 1.02. The van der Waals surface area contributed by atoms with Crippen LogP contribution in [0.4, 0.5) is 0 Å². The number of hydrogen-bond donors (Lipinski definition) is 2. The van der Waals surface area contributed by atoms with E-state index in [-0.39, 0.29) is 11.8 Å². The highest BCUT2D eigenvalue weighted by Gasteiger charge is 2.14. The van der Waals surface area contributed by atoms with E-state index in [1.165, 1.54) is 11.1 Å². The van der Waals surface area contributed by atoms with Gasteiger partial charge in [0, 0.05) is 19.5 Å². The lowest BCUT2D eigenvalue weighted by Crippen LogP contribution is -2.33. The second-order valence-corrected chi connectivity index (χ2v) is 5.04. The normalized spacial score (nSPS) is 11.7. The summed E-state index contributed by atoms with van der Waals surface area (Å²) < 4.78 is 5.21. The van der Waals surface area contributed by atoms with Gasteiger partial charge in [0.05, 0.1) is 13.7 Å². The van der Waals surface area contributed by atoms with Crippen molar-refractivity contribution in [1.29, 1.82) is 0 Å². The summed E-state index contributed by atoms with van der Waals surface area (Å²) in [5.41, 5.74) is 2.41. The minimum Gasteiger partial charge on any atom is -0.497 e. The molecule has 0 heterocycles. The fraction of sp³-hybridized carbons (Fsp3) is 0.278. The lowest BCUT2D eigenvalue weighted by molar-refractivity contribution is -0.119. The second kappa shape index (κ2) is 8.20. The van der Waals surface area contributed by atoms with Crippen molar-refractivity contribution >= 4 is 5.91 Å². The van der Waals surface area contributed by atoms with Crippen molar-refractivity contribution < 1.29 is 9.53 Å². The molecule has 2 rings (SSSR count). The van der Waals surface area contributed by atoms with Crippen molar-refractivity contribution in [1.82, 2.24) is 10.6 Å². The Hall–Kier alpha value is -2.33. The summed E-state index contributed by atoms with van der Waals surface area (Å²) in [6.07, 6.45) is 0. The summed E-state index contributed by atoms with van der Waals surface area (Å²) in [5, 5.41) is 5.83. The maximum Gasteiger partial charge on any atom is 0.233 e. The van der Waals surface area contributed by atoms with E-state index < -0.39 is 0 Å². The van der Waals surface area contributed by atoms with Crippen molar-refractivity contribution in [2.24, 2.45) is 0 Å². The monoisotopic (exact) mass is 298 g/mol. The number of nitrogens with one attached hydrogen (secondary N) is 2. The van der Waals surface area contributed by atoms with E-state index in [2.05, 4.69) is 34.9 Å². The van der Waals surface area contributed by atoms with E-state index in [1.807, 2.05) is 30.3 Å². The molecule has 22 heavy (non-hydrogen) atoms. The standard InChI is InChI=1S/C18H22N2O2/c1-19-18(21)13-20-12-17(14-6-4-3-5-7-14)15-8-10-16(22-2)11-9-15/h3-11,17,20H,12-13H2,1-2H3,(H,19,21). The topological polar surface area (TPSA) is 50.4 Å². The molecule has 1 amide bonds. The molecule has 1 atom stereocenters. The summed E-state index contributed by atoms with van der Waals surface area (Å²) in [4.78, 5) is 11.4. The highest BCUT2D eigenvalue weighted by atomic mass is 16.5. The molecule has 0 bridgehead atoms. The summed E-state index contributed by atoms with van der Waals surface area (Å²) >= 11 is 0. The van der Waals surface area contributed by atoms with E-state index in [0.717, 1.165) is 5.75 Å². The van der Waals surface area contributed by atoms with E-state index in [0.29, 0.717) is 13.1 Å². The molecule has 0 aliphatic carbocycles. The van der Waals surface area contributed by atoms with Gasteiger partial charge in [-0.3, -0.25) is 4.79 Å². The molecule has 0 aromatic heterocycles. The predicted molar refractivity (Wildman–Crippen MR) is 88.2 cm³/mol. The van der Waals surface area contributed by atoms with Gasteiger partial charge in [0.2, 0.25) is 5.91 Å². The minimum atomic E-state index is -0.0125. The molecule has 2 N–H and O–H groups in total. The van der Waals surface area contributed by atoms with Crippen molar-refractivity contribution in [2.75, 3.05) is 27.2 Å². The lowest BCUT2D eigenvalue weighted by Gasteiger charge is -2.19. The Kier molecular flexibility index (Phi) is 5.98. The lowest BCUT2D eigenvalue weighted by atomic mass is 9.91. The third-order valence-corrected chi connectivity index (χ3v) is 3.63. The van der Waals surface area contributed by atoms with Crippen molar-refractivity contribution in [3.05, 3.63) is 65.7 Å². The molecule has 2 aromatic carbocycles. The van der Waals surface area contributed by atoms with Crippen molar-refractivity contribution in [3.63, 3.8) is 0 Å². The Morgan fingerprint density at radius 2 is 1.68 bits per heavy atom. The Morgan fingerprint density at radius 3 is 2.27 bits per heavy atom. The van der Waals surface area contributed by atoms with Crippen molar-refractivity contribution in [2.45, 2.75) is 5.92 Å². The summed E-state index contributed by atoms with van der Waals surface area (Å²) in [6.45, 7) is 1.01. The second-order valence-electron chi connectivity index (χ2n) is 5.04. The molecule has 0 aliphatic rings. The minimum absolute atomic E-state index is 0.0125. The number of rotatable bonds is 7.